The minimum atomic E-state index is -3.63. The predicted octanol–water partition coefficient (Wildman–Crippen LogP) is 5.27. The molecule has 4 aromatic rings. The number of nitrogens with zero attached hydrogens (tertiary/aromatic N) is 3. The first-order valence-electron chi connectivity index (χ1n) is 10.1. The Hall–Kier alpha value is -2.88. The molecule has 2 aromatic heterocycles. The molecule has 1 amide bonds. The minimum absolute atomic E-state index is 0.00306. The maximum Gasteiger partial charge on any atom is 0.229 e. The first-order valence-corrected chi connectivity index (χ1v) is 12.9. The van der Waals surface area contributed by atoms with E-state index in [1.165, 1.54) is 28.4 Å². The van der Waals surface area contributed by atoms with E-state index in [-0.39, 0.29) is 35.9 Å². The number of thiazole rings is 1. The van der Waals surface area contributed by atoms with Crippen molar-refractivity contribution in [2.45, 2.75) is 24.3 Å². The number of para-hydroxylation sites is 1. The lowest BCUT2D eigenvalue weighted by Gasteiger charge is -2.19. The summed E-state index contributed by atoms with van der Waals surface area (Å²) in [6.45, 7) is 0.196. The number of hydrogen-bond donors (Lipinski definition) is 0. The van der Waals surface area contributed by atoms with Crippen LogP contribution in [0.15, 0.2) is 71.8 Å². The summed E-state index contributed by atoms with van der Waals surface area (Å²) < 4.78 is 39.0. The number of aromatic nitrogens is 2. The number of anilines is 1. The van der Waals surface area contributed by atoms with E-state index in [0.717, 1.165) is 16.8 Å². The standard InChI is InChI=1S/C23H19ClFN3O3S2/c24-19-6-3-7-20-22(19)27-23(32-20)28(15-17-5-1-2-13-26-17)21(29)8-4-14-33(30,31)18-11-9-16(25)10-12-18/h1-3,5-7,9-13H,4,8,14-15H2. The van der Waals surface area contributed by atoms with Crippen molar-refractivity contribution in [2.75, 3.05) is 10.7 Å². The Kier molecular flexibility index (Phi) is 7.02. The van der Waals surface area contributed by atoms with Crippen LogP contribution in [0.1, 0.15) is 18.5 Å². The molecule has 0 saturated carbocycles. The van der Waals surface area contributed by atoms with Crippen molar-refractivity contribution >= 4 is 54.0 Å². The number of sulfone groups is 1. The maximum absolute atomic E-state index is 13.2. The summed E-state index contributed by atoms with van der Waals surface area (Å²) in [5, 5.41) is 0.959. The molecule has 10 heteroatoms. The zero-order valence-electron chi connectivity index (χ0n) is 17.3. The number of fused-ring (bicyclic) bond motifs is 1. The number of benzene rings is 2. The van der Waals surface area contributed by atoms with Crippen molar-refractivity contribution < 1.29 is 17.6 Å². The lowest BCUT2D eigenvalue weighted by Crippen LogP contribution is -2.30. The van der Waals surface area contributed by atoms with E-state index in [1.54, 1.807) is 24.4 Å². The molecular formula is C23H19ClFN3O3S2. The molecule has 0 bridgehead atoms. The Bertz CT molecular complexity index is 1380. The topological polar surface area (TPSA) is 80.2 Å². The summed E-state index contributed by atoms with van der Waals surface area (Å²) in [6.07, 6.45) is 1.75. The van der Waals surface area contributed by atoms with Gasteiger partial charge in [-0.25, -0.2) is 17.8 Å². The highest BCUT2D eigenvalue weighted by molar-refractivity contribution is 7.91. The van der Waals surface area contributed by atoms with Gasteiger partial charge in [0, 0.05) is 12.6 Å². The van der Waals surface area contributed by atoms with Crippen molar-refractivity contribution in [2.24, 2.45) is 0 Å². The highest BCUT2D eigenvalue weighted by Crippen LogP contribution is 2.33. The fraction of sp³-hybridized carbons (Fsp3) is 0.174. The maximum atomic E-state index is 13.2. The van der Waals surface area contributed by atoms with Gasteiger partial charge >= 0.3 is 0 Å². The molecule has 4 rings (SSSR count). The van der Waals surface area contributed by atoms with Crippen LogP contribution in [-0.4, -0.2) is 30.0 Å². The van der Waals surface area contributed by atoms with Crippen molar-refractivity contribution in [1.82, 2.24) is 9.97 Å². The second-order valence-corrected chi connectivity index (χ2v) is 10.8. The van der Waals surface area contributed by atoms with E-state index in [1.807, 2.05) is 18.2 Å². The Balaban J connectivity index is 1.53. The highest BCUT2D eigenvalue weighted by Gasteiger charge is 2.22. The van der Waals surface area contributed by atoms with Gasteiger partial charge in [0.15, 0.2) is 15.0 Å². The second-order valence-electron chi connectivity index (χ2n) is 7.26. The fourth-order valence-electron chi connectivity index (χ4n) is 3.24. The van der Waals surface area contributed by atoms with Crippen LogP contribution in [0.4, 0.5) is 9.52 Å². The molecule has 0 N–H and O–H groups in total. The van der Waals surface area contributed by atoms with Crippen LogP contribution in [0.5, 0.6) is 0 Å². The molecule has 0 unspecified atom stereocenters. The first-order chi connectivity index (χ1) is 15.8. The molecule has 0 aliphatic carbocycles. The highest BCUT2D eigenvalue weighted by atomic mass is 35.5. The number of carbonyl (C=O) groups excluding carboxylic acids is 1. The molecule has 0 radical (unpaired) electrons. The number of rotatable bonds is 8. The van der Waals surface area contributed by atoms with E-state index in [2.05, 4.69) is 9.97 Å². The molecule has 0 aliphatic rings. The quantitative estimate of drug-likeness (QED) is 0.306. The van der Waals surface area contributed by atoms with Gasteiger partial charge in [-0.1, -0.05) is 35.1 Å². The third-order valence-corrected chi connectivity index (χ3v) is 8.08. The van der Waals surface area contributed by atoms with Gasteiger partial charge in [0.1, 0.15) is 11.3 Å². The lowest BCUT2D eigenvalue weighted by atomic mass is 10.2. The third kappa shape index (κ3) is 5.55. The second kappa shape index (κ2) is 9.94. The van der Waals surface area contributed by atoms with E-state index in [0.29, 0.717) is 21.4 Å². The number of halogens is 2. The third-order valence-electron chi connectivity index (χ3n) is 4.91. The Morgan fingerprint density at radius 3 is 2.55 bits per heavy atom. The summed E-state index contributed by atoms with van der Waals surface area (Å²) in [5.41, 5.74) is 1.28. The van der Waals surface area contributed by atoms with Crippen LogP contribution in [0.2, 0.25) is 5.02 Å². The number of amides is 1. The van der Waals surface area contributed by atoms with Gasteiger partial charge in [0.05, 0.1) is 32.6 Å². The van der Waals surface area contributed by atoms with Gasteiger partial charge in [0.25, 0.3) is 0 Å². The Morgan fingerprint density at radius 2 is 1.85 bits per heavy atom. The molecule has 6 nitrogen and oxygen atoms in total. The largest absolute Gasteiger partial charge is 0.282 e. The zero-order chi connectivity index (χ0) is 23.4. The summed E-state index contributed by atoms with van der Waals surface area (Å²) in [4.78, 5) is 23.5. The van der Waals surface area contributed by atoms with Crippen LogP contribution < -0.4 is 4.90 Å². The van der Waals surface area contributed by atoms with E-state index < -0.39 is 15.7 Å². The lowest BCUT2D eigenvalue weighted by molar-refractivity contribution is -0.118. The summed E-state index contributed by atoms with van der Waals surface area (Å²) in [6, 6.07) is 15.5. The van der Waals surface area contributed by atoms with E-state index in [9.17, 15) is 17.6 Å². The van der Waals surface area contributed by atoms with Crippen molar-refractivity contribution in [3.63, 3.8) is 0 Å². The average Bonchev–Trinajstić information content (AvgIpc) is 3.23. The normalized spacial score (nSPS) is 11.6. The molecule has 170 valence electrons. The molecule has 2 heterocycles. The monoisotopic (exact) mass is 503 g/mol. The van der Waals surface area contributed by atoms with Gasteiger partial charge < -0.3 is 0 Å². The van der Waals surface area contributed by atoms with Crippen molar-refractivity contribution in [3.8, 4) is 0 Å². The van der Waals surface area contributed by atoms with Crippen molar-refractivity contribution in [1.29, 1.82) is 0 Å². The van der Waals surface area contributed by atoms with Crippen LogP contribution in [-0.2, 0) is 21.2 Å². The van der Waals surface area contributed by atoms with Gasteiger partial charge in [-0.05, 0) is 55.0 Å². The van der Waals surface area contributed by atoms with Crippen LogP contribution in [0, 0.1) is 5.82 Å². The Morgan fingerprint density at radius 1 is 1.06 bits per heavy atom. The SMILES string of the molecule is O=C(CCCS(=O)(=O)c1ccc(F)cc1)N(Cc1ccccn1)c1nc2c(Cl)cccc2s1. The van der Waals surface area contributed by atoms with Crippen LogP contribution in [0.25, 0.3) is 10.2 Å². The predicted molar refractivity (Wildman–Crippen MR) is 128 cm³/mol. The molecule has 2 aromatic carbocycles. The van der Waals surface area contributed by atoms with E-state index in [4.69, 9.17) is 11.6 Å². The fourth-order valence-corrected chi connectivity index (χ4v) is 5.84. The van der Waals surface area contributed by atoms with E-state index >= 15 is 0 Å². The first kappa shape index (κ1) is 23.3. The minimum Gasteiger partial charge on any atom is -0.282 e. The smallest absolute Gasteiger partial charge is 0.229 e. The zero-order valence-corrected chi connectivity index (χ0v) is 19.7. The molecule has 0 aliphatic heterocycles. The van der Waals surface area contributed by atoms with Crippen LogP contribution >= 0.6 is 22.9 Å². The summed E-state index contributed by atoms with van der Waals surface area (Å²) in [7, 11) is -3.63. The molecule has 33 heavy (non-hydrogen) atoms. The van der Waals surface area contributed by atoms with Gasteiger partial charge in [-0.15, -0.1) is 0 Å². The van der Waals surface area contributed by atoms with Gasteiger partial charge in [-0.2, -0.15) is 0 Å². The molecule has 0 atom stereocenters. The summed E-state index contributed by atoms with van der Waals surface area (Å²) in [5.74, 6) is -1.01. The molecule has 0 fully saturated rings. The Labute approximate surface area is 199 Å². The van der Waals surface area contributed by atoms with Crippen LogP contribution in [0.3, 0.4) is 0 Å². The number of pyridine rings is 1. The molecular weight excluding hydrogens is 485 g/mol. The number of hydrogen-bond acceptors (Lipinski definition) is 6. The van der Waals surface area contributed by atoms with Gasteiger partial charge in [-0.3, -0.25) is 14.7 Å². The van der Waals surface area contributed by atoms with Crippen molar-refractivity contribution in [3.05, 3.63) is 83.4 Å². The molecule has 0 saturated heterocycles. The average molecular weight is 504 g/mol. The number of carbonyl (C=O) groups is 1. The van der Waals surface area contributed by atoms with Gasteiger partial charge in [0.2, 0.25) is 5.91 Å². The summed E-state index contributed by atoms with van der Waals surface area (Å²) >= 11 is 7.59. The molecule has 0 spiro atoms.